The molecule has 3 heteroatoms. The summed E-state index contributed by atoms with van der Waals surface area (Å²) in [6, 6.07) is 17.8. The summed E-state index contributed by atoms with van der Waals surface area (Å²) in [5.74, 6) is 0.783. The number of halogens is 1. The Bertz CT molecular complexity index is 648. The Morgan fingerprint density at radius 3 is 2.52 bits per heavy atom. The SMILES string of the molecule is Cc1cc(OCCC(C)(C#N)c2ccccc2)ccc1Cl. The highest BCUT2D eigenvalue weighted by atomic mass is 35.5. The third-order valence-electron chi connectivity index (χ3n) is 3.66. The van der Waals surface area contributed by atoms with Gasteiger partial charge in [0.25, 0.3) is 0 Å². The number of ether oxygens (including phenoxy) is 1. The maximum atomic E-state index is 9.49. The highest BCUT2D eigenvalue weighted by molar-refractivity contribution is 6.31. The van der Waals surface area contributed by atoms with E-state index in [1.165, 1.54) is 0 Å². The van der Waals surface area contributed by atoms with Gasteiger partial charge < -0.3 is 4.74 Å². The first kappa shape index (κ1) is 15.4. The first-order valence-electron chi connectivity index (χ1n) is 6.91. The number of rotatable bonds is 5. The fourth-order valence-electron chi connectivity index (χ4n) is 2.15. The number of aryl methyl sites for hydroxylation is 1. The molecule has 0 heterocycles. The Kier molecular flexibility index (Phi) is 4.88. The van der Waals surface area contributed by atoms with E-state index in [1.54, 1.807) is 0 Å². The second-order valence-electron chi connectivity index (χ2n) is 5.32. The molecule has 0 saturated heterocycles. The molecule has 0 amide bonds. The lowest BCUT2D eigenvalue weighted by Crippen LogP contribution is -2.22. The highest BCUT2D eigenvalue weighted by Crippen LogP contribution is 2.27. The quantitative estimate of drug-likeness (QED) is 0.787. The molecule has 2 aromatic carbocycles. The van der Waals surface area contributed by atoms with Gasteiger partial charge in [-0.05, 0) is 43.2 Å². The average Bonchev–Trinajstić information content (AvgIpc) is 2.51. The van der Waals surface area contributed by atoms with Crippen LogP contribution in [0.2, 0.25) is 5.02 Å². The molecule has 2 aromatic rings. The van der Waals surface area contributed by atoms with Gasteiger partial charge in [-0.15, -0.1) is 0 Å². The molecule has 0 aromatic heterocycles. The summed E-state index contributed by atoms with van der Waals surface area (Å²) in [7, 11) is 0. The van der Waals surface area contributed by atoms with E-state index in [1.807, 2.05) is 62.4 Å². The molecule has 0 aliphatic rings. The lowest BCUT2D eigenvalue weighted by atomic mass is 9.81. The van der Waals surface area contributed by atoms with Crippen LogP contribution in [0.5, 0.6) is 5.75 Å². The van der Waals surface area contributed by atoms with Crippen molar-refractivity contribution >= 4 is 11.6 Å². The molecule has 2 nitrogen and oxygen atoms in total. The van der Waals surface area contributed by atoms with Crippen LogP contribution in [0, 0.1) is 18.3 Å². The summed E-state index contributed by atoms with van der Waals surface area (Å²) in [5, 5.41) is 10.2. The zero-order valence-corrected chi connectivity index (χ0v) is 13.0. The van der Waals surface area contributed by atoms with Crippen molar-refractivity contribution in [1.82, 2.24) is 0 Å². The molecule has 0 radical (unpaired) electrons. The minimum atomic E-state index is -0.539. The van der Waals surface area contributed by atoms with E-state index < -0.39 is 5.41 Å². The van der Waals surface area contributed by atoms with Gasteiger partial charge in [0.1, 0.15) is 5.75 Å². The lowest BCUT2D eigenvalue weighted by molar-refractivity contribution is 0.285. The Morgan fingerprint density at radius 1 is 1.19 bits per heavy atom. The summed E-state index contributed by atoms with van der Waals surface area (Å²) in [4.78, 5) is 0. The van der Waals surface area contributed by atoms with Gasteiger partial charge >= 0.3 is 0 Å². The van der Waals surface area contributed by atoms with Crippen molar-refractivity contribution in [3.8, 4) is 11.8 Å². The van der Waals surface area contributed by atoms with Gasteiger partial charge in [-0.1, -0.05) is 41.9 Å². The summed E-state index contributed by atoms with van der Waals surface area (Å²) in [6.07, 6.45) is 0.634. The van der Waals surface area contributed by atoms with Crippen molar-refractivity contribution in [2.24, 2.45) is 0 Å². The zero-order chi connectivity index (χ0) is 15.3. The van der Waals surface area contributed by atoms with E-state index in [0.29, 0.717) is 13.0 Å². The Balaban J connectivity index is 2.01. The Morgan fingerprint density at radius 2 is 1.90 bits per heavy atom. The Labute approximate surface area is 130 Å². The van der Waals surface area contributed by atoms with Crippen LogP contribution < -0.4 is 4.74 Å². The van der Waals surface area contributed by atoms with Crippen molar-refractivity contribution in [2.45, 2.75) is 25.7 Å². The zero-order valence-electron chi connectivity index (χ0n) is 12.3. The molecule has 0 bridgehead atoms. The molecular weight excluding hydrogens is 282 g/mol. The van der Waals surface area contributed by atoms with E-state index in [4.69, 9.17) is 16.3 Å². The number of nitriles is 1. The van der Waals surface area contributed by atoms with Crippen LogP contribution in [0.3, 0.4) is 0 Å². The van der Waals surface area contributed by atoms with Gasteiger partial charge in [0.2, 0.25) is 0 Å². The molecule has 108 valence electrons. The van der Waals surface area contributed by atoms with E-state index in [0.717, 1.165) is 21.9 Å². The van der Waals surface area contributed by atoms with Crippen LogP contribution >= 0.6 is 11.6 Å². The van der Waals surface area contributed by atoms with Crippen LogP contribution in [0.1, 0.15) is 24.5 Å². The standard InChI is InChI=1S/C18H18ClNO/c1-14-12-16(8-9-17(14)19)21-11-10-18(2,13-20)15-6-4-3-5-7-15/h3-9,12H,10-11H2,1-2H3. The average molecular weight is 300 g/mol. The molecule has 2 rings (SSSR count). The van der Waals surface area contributed by atoms with E-state index >= 15 is 0 Å². The van der Waals surface area contributed by atoms with Crippen molar-refractivity contribution in [3.63, 3.8) is 0 Å². The molecule has 0 fully saturated rings. The second-order valence-corrected chi connectivity index (χ2v) is 5.73. The maximum absolute atomic E-state index is 9.49. The van der Waals surface area contributed by atoms with Crippen molar-refractivity contribution in [2.75, 3.05) is 6.61 Å². The maximum Gasteiger partial charge on any atom is 0.119 e. The van der Waals surface area contributed by atoms with Gasteiger partial charge in [-0.3, -0.25) is 0 Å². The first-order valence-corrected chi connectivity index (χ1v) is 7.29. The summed E-state index contributed by atoms with van der Waals surface area (Å²) in [6.45, 7) is 4.37. The number of nitrogens with zero attached hydrogens (tertiary/aromatic N) is 1. The van der Waals surface area contributed by atoms with Gasteiger partial charge in [0, 0.05) is 11.4 Å². The second kappa shape index (κ2) is 6.65. The smallest absolute Gasteiger partial charge is 0.119 e. The first-order chi connectivity index (χ1) is 10.0. The van der Waals surface area contributed by atoms with E-state index in [2.05, 4.69) is 6.07 Å². The molecular formula is C18H18ClNO. The van der Waals surface area contributed by atoms with Crippen LogP contribution in [0.4, 0.5) is 0 Å². The molecule has 0 N–H and O–H groups in total. The summed E-state index contributed by atoms with van der Waals surface area (Å²) >= 11 is 5.99. The topological polar surface area (TPSA) is 33.0 Å². The largest absolute Gasteiger partial charge is 0.494 e. The Hall–Kier alpha value is -1.98. The van der Waals surface area contributed by atoms with Crippen molar-refractivity contribution in [3.05, 3.63) is 64.7 Å². The predicted octanol–water partition coefficient (Wildman–Crippen LogP) is 4.90. The molecule has 0 saturated carbocycles. The van der Waals surface area contributed by atoms with Gasteiger partial charge in [-0.2, -0.15) is 5.26 Å². The number of hydrogen-bond acceptors (Lipinski definition) is 2. The molecule has 21 heavy (non-hydrogen) atoms. The minimum absolute atomic E-state index is 0.486. The predicted molar refractivity (Wildman–Crippen MR) is 85.7 cm³/mol. The fourth-order valence-corrected chi connectivity index (χ4v) is 2.27. The van der Waals surface area contributed by atoms with Crippen molar-refractivity contribution < 1.29 is 4.74 Å². The third-order valence-corrected chi connectivity index (χ3v) is 4.08. The van der Waals surface area contributed by atoms with Gasteiger partial charge in [0.15, 0.2) is 0 Å². The third kappa shape index (κ3) is 3.77. The molecule has 0 spiro atoms. The molecule has 1 atom stereocenters. The minimum Gasteiger partial charge on any atom is -0.494 e. The van der Waals surface area contributed by atoms with E-state index in [-0.39, 0.29) is 0 Å². The fraction of sp³-hybridized carbons (Fsp3) is 0.278. The monoisotopic (exact) mass is 299 g/mol. The van der Waals surface area contributed by atoms with E-state index in [9.17, 15) is 5.26 Å². The lowest BCUT2D eigenvalue weighted by Gasteiger charge is -2.22. The molecule has 0 aliphatic carbocycles. The highest BCUT2D eigenvalue weighted by Gasteiger charge is 2.26. The van der Waals surface area contributed by atoms with Crippen LogP contribution in [-0.4, -0.2) is 6.61 Å². The van der Waals surface area contributed by atoms with Crippen LogP contribution in [0.25, 0.3) is 0 Å². The number of benzene rings is 2. The van der Waals surface area contributed by atoms with Gasteiger partial charge in [-0.25, -0.2) is 0 Å². The number of hydrogen-bond donors (Lipinski definition) is 0. The summed E-state index contributed by atoms with van der Waals surface area (Å²) in [5.41, 5.74) is 1.46. The van der Waals surface area contributed by atoms with Crippen LogP contribution in [0.15, 0.2) is 48.5 Å². The normalized spacial score (nSPS) is 13.2. The van der Waals surface area contributed by atoms with Gasteiger partial charge in [0.05, 0.1) is 18.1 Å². The van der Waals surface area contributed by atoms with Crippen molar-refractivity contribution in [1.29, 1.82) is 5.26 Å². The molecule has 1 unspecified atom stereocenters. The van der Waals surface area contributed by atoms with Crippen LogP contribution in [-0.2, 0) is 5.41 Å². The molecule has 0 aliphatic heterocycles. The summed E-state index contributed by atoms with van der Waals surface area (Å²) < 4.78 is 5.75.